The molecule has 0 aliphatic heterocycles. The number of fused-ring (bicyclic) bond motifs is 1. The molecule has 1 atom stereocenters. The fourth-order valence-corrected chi connectivity index (χ4v) is 3.65. The highest BCUT2D eigenvalue weighted by atomic mass is 19.4. The summed E-state index contributed by atoms with van der Waals surface area (Å²) in [7, 11) is 0. The summed E-state index contributed by atoms with van der Waals surface area (Å²) in [6, 6.07) is 6.96. The third-order valence-corrected chi connectivity index (χ3v) is 5.31. The summed E-state index contributed by atoms with van der Waals surface area (Å²) in [4.78, 5) is 21.0. The lowest BCUT2D eigenvalue weighted by Crippen LogP contribution is -2.27. The molecular formula is C23H20F3N3O4. The van der Waals surface area contributed by atoms with Gasteiger partial charge in [0.15, 0.2) is 0 Å². The molecule has 1 amide bonds. The van der Waals surface area contributed by atoms with Crippen LogP contribution in [0.2, 0.25) is 0 Å². The molecule has 10 heteroatoms. The predicted molar refractivity (Wildman–Crippen MR) is 113 cm³/mol. The highest BCUT2D eigenvalue weighted by Crippen LogP contribution is 2.35. The fraction of sp³-hybridized carbons (Fsp3) is 0.261. The highest BCUT2D eigenvalue weighted by Gasteiger charge is 2.31. The first-order valence-corrected chi connectivity index (χ1v) is 10.2. The molecule has 0 unspecified atom stereocenters. The standard InChI is InChI=1S/C23H20F3N3O4/c24-23(25,26)33-16-6-4-13(5-7-16)17-10-15(11-29-22(32)14-2-1-3-14)19(18(31)12-30)21-20(17)27-8-9-28-21/h2,4-10,18,30-31H,1,3,11-12H2,(H,29,32)/t18-/m0/s1. The smallest absolute Gasteiger partial charge is 0.406 e. The Kier molecular flexibility index (Phi) is 6.30. The van der Waals surface area contributed by atoms with Crippen LogP contribution in [0.1, 0.15) is 30.1 Å². The number of aliphatic hydroxyl groups is 2. The maximum Gasteiger partial charge on any atom is 0.573 e. The molecule has 2 aromatic carbocycles. The zero-order valence-electron chi connectivity index (χ0n) is 17.3. The van der Waals surface area contributed by atoms with E-state index in [1.165, 1.54) is 36.7 Å². The molecule has 0 fully saturated rings. The normalized spacial score (nSPS) is 14.4. The van der Waals surface area contributed by atoms with E-state index in [0.29, 0.717) is 45.3 Å². The van der Waals surface area contributed by atoms with Gasteiger partial charge in [0.1, 0.15) is 11.9 Å². The zero-order valence-corrected chi connectivity index (χ0v) is 17.3. The van der Waals surface area contributed by atoms with Crippen LogP contribution in [0.25, 0.3) is 22.2 Å². The molecule has 1 aliphatic carbocycles. The van der Waals surface area contributed by atoms with Crippen molar-refractivity contribution < 1.29 is 32.9 Å². The summed E-state index contributed by atoms with van der Waals surface area (Å²) in [5, 5.41) is 22.9. The van der Waals surface area contributed by atoms with Gasteiger partial charge in [0.25, 0.3) is 0 Å². The van der Waals surface area contributed by atoms with Crippen LogP contribution >= 0.6 is 0 Å². The van der Waals surface area contributed by atoms with E-state index in [9.17, 15) is 28.2 Å². The highest BCUT2D eigenvalue weighted by molar-refractivity contribution is 5.96. The van der Waals surface area contributed by atoms with Gasteiger partial charge in [-0.15, -0.1) is 13.2 Å². The molecule has 1 aromatic heterocycles. The Morgan fingerprint density at radius 2 is 1.82 bits per heavy atom. The number of hydrogen-bond donors (Lipinski definition) is 3. The number of halogens is 3. The lowest BCUT2D eigenvalue weighted by molar-refractivity contribution is -0.274. The minimum atomic E-state index is -4.80. The molecule has 0 radical (unpaired) electrons. The molecule has 3 aromatic rings. The van der Waals surface area contributed by atoms with Gasteiger partial charge < -0.3 is 20.3 Å². The van der Waals surface area contributed by atoms with Crippen molar-refractivity contribution in [3.8, 4) is 16.9 Å². The second-order valence-electron chi connectivity index (χ2n) is 7.47. The van der Waals surface area contributed by atoms with Crippen LogP contribution in [-0.4, -0.2) is 39.1 Å². The van der Waals surface area contributed by atoms with Gasteiger partial charge in [-0.25, -0.2) is 0 Å². The van der Waals surface area contributed by atoms with Gasteiger partial charge >= 0.3 is 6.36 Å². The van der Waals surface area contributed by atoms with Gasteiger partial charge in [0.05, 0.1) is 17.6 Å². The number of benzene rings is 2. The number of aromatic nitrogens is 2. The summed E-state index contributed by atoms with van der Waals surface area (Å²) in [5.74, 6) is -0.588. The summed E-state index contributed by atoms with van der Waals surface area (Å²) in [5.41, 5.74) is 3.29. The number of allylic oxidation sites excluding steroid dienone is 1. The second-order valence-corrected chi connectivity index (χ2v) is 7.47. The lowest BCUT2D eigenvalue weighted by Gasteiger charge is -2.20. The second kappa shape index (κ2) is 9.16. The third-order valence-electron chi connectivity index (χ3n) is 5.31. The number of nitrogens with one attached hydrogen (secondary N) is 1. The molecule has 4 rings (SSSR count). The van der Waals surface area contributed by atoms with Crippen molar-refractivity contribution in [1.82, 2.24) is 15.3 Å². The molecule has 33 heavy (non-hydrogen) atoms. The molecule has 7 nitrogen and oxygen atoms in total. The summed E-state index contributed by atoms with van der Waals surface area (Å²) < 4.78 is 41.4. The Bertz CT molecular complexity index is 1210. The maximum atomic E-state index is 12.5. The monoisotopic (exact) mass is 459 g/mol. The molecule has 0 saturated heterocycles. The van der Waals surface area contributed by atoms with E-state index >= 15 is 0 Å². The third kappa shape index (κ3) is 4.96. The topological polar surface area (TPSA) is 105 Å². The van der Waals surface area contributed by atoms with E-state index in [2.05, 4.69) is 20.0 Å². The first-order valence-electron chi connectivity index (χ1n) is 10.2. The molecule has 3 N–H and O–H groups in total. The van der Waals surface area contributed by atoms with Gasteiger partial charge in [-0.1, -0.05) is 18.2 Å². The van der Waals surface area contributed by atoms with E-state index in [0.717, 1.165) is 6.42 Å². The van der Waals surface area contributed by atoms with Crippen molar-refractivity contribution in [2.45, 2.75) is 31.9 Å². The van der Waals surface area contributed by atoms with Crippen molar-refractivity contribution in [1.29, 1.82) is 0 Å². The molecule has 0 spiro atoms. The summed E-state index contributed by atoms with van der Waals surface area (Å²) >= 11 is 0. The Hall–Kier alpha value is -3.50. The van der Waals surface area contributed by atoms with Crippen LogP contribution < -0.4 is 10.1 Å². The average Bonchev–Trinajstić information content (AvgIpc) is 2.74. The van der Waals surface area contributed by atoms with E-state index in [-0.39, 0.29) is 18.2 Å². The van der Waals surface area contributed by atoms with Gasteiger partial charge in [0.2, 0.25) is 5.91 Å². The van der Waals surface area contributed by atoms with Crippen LogP contribution in [0, 0.1) is 0 Å². The van der Waals surface area contributed by atoms with Crippen LogP contribution in [0.15, 0.2) is 54.4 Å². The van der Waals surface area contributed by atoms with Crippen LogP contribution in [0.5, 0.6) is 5.75 Å². The van der Waals surface area contributed by atoms with E-state index in [1.54, 1.807) is 6.07 Å². The molecule has 1 aliphatic rings. The Morgan fingerprint density at radius 3 is 2.39 bits per heavy atom. The number of hydrogen-bond acceptors (Lipinski definition) is 6. The minimum absolute atomic E-state index is 0.0529. The summed E-state index contributed by atoms with van der Waals surface area (Å²) in [6.07, 6.45) is 0.188. The molecule has 172 valence electrons. The van der Waals surface area contributed by atoms with Crippen molar-refractivity contribution in [2.75, 3.05) is 6.61 Å². The number of nitrogens with zero attached hydrogens (tertiary/aromatic N) is 2. The van der Waals surface area contributed by atoms with E-state index in [4.69, 9.17) is 0 Å². The van der Waals surface area contributed by atoms with Crippen molar-refractivity contribution in [3.63, 3.8) is 0 Å². The first kappa shape index (κ1) is 22.7. The molecule has 0 bridgehead atoms. The van der Waals surface area contributed by atoms with Gasteiger partial charge in [-0.05, 0) is 42.2 Å². The molecule has 0 saturated carbocycles. The van der Waals surface area contributed by atoms with Gasteiger partial charge in [0, 0.05) is 35.6 Å². The Morgan fingerprint density at radius 1 is 1.15 bits per heavy atom. The minimum Gasteiger partial charge on any atom is -0.406 e. The predicted octanol–water partition coefficient (Wildman–Crippen LogP) is 3.56. The lowest BCUT2D eigenvalue weighted by atomic mass is 9.93. The van der Waals surface area contributed by atoms with Crippen molar-refractivity contribution >= 4 is 16.9 Å². The van der Waals surface area contributed by atoms with Crippen molar-refractivity contribution in [3.05, 3.63) is 65.5 Å². The molecular weight excluding hydrogens is 439 g/mol. The SMILES string of the molecule is O=C(NCc1cc(-c2ccc(OC(F)(F)F)cc2)c2nccnc2c1[C@@H](O)CO)C1=CCC1. The number of carbonyl (C=O) groups excluding carboxylic acids is 1. The Balaban J connectivity index is 1.78. The number of amides is 1. The molecule has 1 heterocycles. The van der Waals surface area contributed by atoms with Crippen molar-refractivity contribution in [2.24, 2.45) is 0 Å². The van der Waals surface area contributed by atoms with Gasteiger partial charge in [-0.3, -0.25) is 14.8 Å². The number of alkyl halides is 3. The summed E-state index contributed by atoms with van der Waals surface area (Å²) in [6.45, 7) is -0.516. The van der Waals surface area contributed by atoms with Gasteiger partial charge in [-0.2, -0.15) is 0 Å². The Labute approximate surface area is 186 Å². The van der Waals surface area contributed by atoms with Crippen LogP contribution in [-0.2, 0) is 11.3 Å². The van der Waals surface area contributed by atoms with Crippen LogP contribution in [0.4, 0.5) is 13.2 Å². The quantitative estimate of drug-likeness (QED) is 0.499. The largest absolute Gasteiger partial charge is 0.573 e. The maximum absolute atomic E-state index is 12.5. The van der Waals surface area contributed by atoms with Crippen LogP contribution in [0.3, 0.4) is 0 Å². The first-order chi connectivity index (χ1) is 15.8. The fourth-order valence-electron chi connectivity index (χ4n) is 3.65. The number of carbonyl (C=O) groups is 1. The van der Waals surface area contributed by atoms with E-state index in [1.807, 2.05) is 6.08 Å². The zero-order chi connectivity index (χ0) is 23.6. The number of rotatable bonds is 7. The van der Waals surface area contributed by atoms with E-state index < -0.39 is 19.1 Å². The number of ether oxygens (including phenoxy) is 1. The average molecular weight is 459 g/mol. The number of aliphatic hydroxyl groups excluding tert-OH is 2.